The second kappa shape index (κ2) is 9.32. The van der Waals surface area contributed by atoms with Crippen LogP contribution in [0.4, 0.5) is 5.69 Å². The van der Waals surface area contributed by atoms with Crippen LogP contribution >= 0.6 is 0 Å². The zero-order chi connectivity index (χ0) is 22.7. The Morgan fingerprint density at radius 1 is 0.969 bits per heavy atom. The van der Waals surface area contributed by atoms with Gasteiger partial charge in [-0.2, -0.15) is 0 Å². The van der Waals surface area contributed by atoms with Crippen molar-refractivity contribution in [1.82, 2.24) is 10.2 Å². The van der Waals surface area contributed by atoms with Gasteiger partial charge in [0.2, 0.25) is 11.8 Å². The lowest BCUT2D eigenvalue weighted by molar-refractivity contribution is -0.137. The summed E-state index contributed by atoms with van der Waals surface area (Å²) in [4.78, 5) is 51.7. The van der Waals surface area contributed by atoms with E-state index < -0.39 is 6.04 Å². The van der Waals surface area contributed by atoms with Crippen molar-refractivity contribution in [3.63, 3.8) is 0 Å². The molecule has 0 saturated carbocycles. The molecule has 1 aliphatic heterocycles. The van der Waals surface area contributed by atoms with Crippen molar-refractivity contribution in [2.24, 2.45) is 5.73 Å². The van der Waals surface area contributed by atoms with Crippen molar-refractivity contribution in [3.05, 3.63) is 64.7 Å². The standard InChI is InChI=1S/C24H26N4O4/c25-14-20(29)28-13-4-10-19(28)24(32)27-12-5-11-26-18-9-3-8-17-21(18)23(31)16-7-2-1-6-15(16)22(17)30/h1-3,6-9,19,26H,4-5,10-14,25H2,(H,27,32)/t19-/m1/s1. The predicted molar refractivity (Wildman–Crippen MR) is 120 cm³/mol. The normalized spacial score (nSPS) is 17.0. The van der Waals surface area contributed by atoms with Crippen LogP contribution in [0.5, 0.6) is 0 Å². The van der Waals surface area contributed by atoms with Gasteiger partial charge in [0, 0.05) is 42.0 Å². The highest BCUT2D eigenvalue weighted by atomic mass is 16.2. The summed E-state index contributed by atoms with van der Waals surface area (Å²) in [6.07, 6.45) is 2.05. The molecule has 8 nitrogen and oxygen atoms in total. The van der Waals surface area contributed by atoms with Gasteiger partial charge in [0.05, 0.1) is 12.1 Å². The summed E-state index contributed by atoms with van der Waals surface area (Å²) in [6, 6.07) is 11.6. The molecule has 0 spiro atoms. The minimum atomic E-state index is -0.455. The van der Waals surface area contributed by atoms with E-state index in [9.17, 15) is 19.2 Å². The number of nitrogens with one attached hydrogen (secondary N) is 2. The van der Waals surface area contributed by atoms with Gasteiger partial charge in [-0.1, -0.05) is 36.4 Å². The SMILES string of the molecule is NCC(=O)N1CCC[C@@H]1C(=O)NCCCNc1cccc2c1C(=O)c1ccccc1C2=O. The minimum absolute atomic E-state index is 0.0964. The lowest BCUT2D eigenvalue weighted by atomic mass is 9.83. The molecule has 1 atom stereocenters. The number of carbonyl (C=O) groups excluding carboxylic acids is 4. The molecule has 2 aliphatic rings. The molecule has 4 rings (SSSR count). The lowest BCUT2D eigenvalue weighted by Gasteiger charge is -2.23. The monoisotopic (exact) mass is 434 g/mol. The first-order valence-corrected chi connectivity index (χ1v) is 10.9. The molecule has 1 heterocycles. The first kappa shape index (κ1) is 21.7. The Bertz CT molecular complexity index is 1080. The zero-order valence-electron chi connectivity index (χ0n) is 17.7. The predicted octanol–water partition coefficient (Wildman–Crippen LogP) is 1.33. The van der Waals surface area contributed by atoms with E-state index in [1.807, 2.05) is 0 Å². The fraction of sp³-hybridized carbons (Fsp3) is 0.333. The van der Waals surface area contributed by atoms with Crippen molar-refractivity contribution < 1.29 is 19.2 Å². The van der Waals surface area contributed by atoms with Crippen molar-refractivity contribution in [3.8, 4) is 0 Å². The van der Waals surface area contributed by atoms with Crippen LogP contribution in [0.1, 0.15) is 51.1 Å². The van der Waals surface area contributed by atoms with Crippen LogP contribution in [0.25, 0.3) is 0 Å². The number of benzene rings is 2. The van der Waals surface area contributed by atoms with E-state index in [2.05, 4.69) is 10.6 Å². The molecule has 0 radical (unpaired) electrons. The summed E-state index contributed by atoms with van der Waals surface area (Å²) in [5.74, 6) is -0.700. The topological polar surface area (TPSA) is 122 Å². The molecule has 0 aromatic heterocycles. The maximum absolute atomic E-state index is 13.0. The van der Waals surface area contributed by atoms with Gasteiger partial charge in [-0.15, -0.1) is 0 Å². The Labute approximate surface area is 186 Å². The van der Waals surface area contributed by atoms with Crippen molar-refractivity contribution in [2.45, 2.75) is 25.3 Å². The van der Waals surface area contributed by atoms with Crippen LogP contribution in [0.2, 0.25) is 0 Å². The summed E-state index contributed by atoms with van der Waals surface area (Å²) >= 11 is 0. The molecule has 0 unspecified atom stereocenters. The van der Waals surface area contributed by atoms with Crippen LogP contribution in [-0.2, 0) is 9.59 Å². The summed E-state index contributed by atoms with van der Waals surface area (Å²) in [5, 5.41) is 6.10. The van der Waals surface area contributed by atoms with Gasteiger partial charge < -0.3 is 21.3 Å². The molecule has 32 heavy (non-hydrogen) atoms. The van der Waals surface area contributed by atoms with Crippen molar-refractivity contribution >= 4 is 29.1 Å². The van der Waals surface area contributed by atoms with Gasteiger partial charge in [-0.25, -0.2) is 0 Å². The maximum Gasteiger partial charge on any atom is 0.242 e. The van der Waals surface area contributed by atoms with Crippen LogP contribution in [0.3, 0.4) is 0 Å². The lowest BCUT2D eigenvalue weighted by Crippen LogP contribution is -2.48. The number of carbonyl (C=O) groups is 4. The Morgan fingerprint density at radius 2 is 1.69 bits per heavy atom. The van der Waals surface area contributed by atoms with E-state index in [4.69, 9.17) is 5.73 Å². The third-order valence-electron chi connectivity index (χ3n) is 5.97. The minimum Gasteiger partial charge on any atom is -0.384 e. The Morgan fingerprint density at radius 3 is 2.44 bits per heavy atom. The number of amides is 2. The van der Waals surface area contributed by atoms with Crippen LogP contribution in [-0.4, -0.2) is 60.5 Å². The van der Waals surface area contributed by atoms with E-state index in [1.54, 1.807) is 47.4 Å². The highest BCUT2D eigenvalue weighted by Gasteiger charge is 2.33. The molecule has 2 aromatic carbocycles. The van der Waals surface area contributed by atoms with Crippen molar-refractivity contribution in [1.29, 1.82) is 0 Å². The fourth-order valence-corrected chi connectivity index (χ4v) is 4.39. The smallest absolute Gasteiger partial charge is 0.242 e. The average Bonchev–Trinajstić information content (AvgIpc) is 3.31. The first-order chi connectivity index (χ1) is 15.5. The number of nitrogens with two attached hydrogens (primary N) is 1. The number of rotatable bonds is 7. The molecule has 0 bridgehead atoms. The third-order valence-corrected chi connectivity index (χ3v) is 5.97. The van der Waals surface area contributed by atoms with E-state index in [0.29, 0.717) is 60.4 Å². The second-order valence-corrected chi connectivity index (χ2v) is 7.95. The Hall–Kier alpha value is -3.52. The van der Waals surface area contributed by atoms with Crippen LogP contribution in [0, 0.1) is 0 Å². The number of anilines is 1. The molecular weight excluding hydrogens is 408 g/mol. The van der Waals surface area contributed by atoms with Gasteiger partial charge in [0.15, 0.2) is 11.6 Å². The number of fused-ring (bicyclic) bond motifs is 2. The Balaban J connectivity index is 1.34. The highest BCUT2D eigenvalue weighted by Crippen LogP contribution is 2.31. The van der Waals surface area contributed by atoms with E-state index in [1.165, 1.54) is 0 Å². The molecule has 166 valence electrons. The van der Waals surface area contributed by atoms with E-state index in [0.717, 1.165) is 6.42 Å². The van der Waals surface area contributed by atoms with Crippen LogP contribution < -0.4 is 16.4 Å². The summed E-state index contributed by atoms with van der Waals surface area (Å²) in [7, 11) is 0. The quantitative estimate of drug-likeness (QED) is 0.483. The van der Waals surface area contributed by atoms with Gasteiger partial charge >= 0.3 is 0 Å². The molecule has 1 fully saturated rings. The molecule has 4 N–H and O–H groups in total. The zero-order valence-corrected chi connectivity index (χ0v) is 17.7. The number of hydrogen-bond donors (Lipinski definition) is 3. The first-order valence-electron chi connectivity index (χ1n) is 10.9. The van der Waals surface area contributed by atoms with Crippen LogP contribution in [0.15, 0.2) is 42.5 Å². The highest BCUT2D eigenvalue weighted by molar-refractivity contribution is 6.30. The fourth-order valence-electron chi connectivity index (χ4n) is 4.39. The molecular formula is C24H26N4O4. The van der Waals surface area contributed by atoms with Crippen molar-refractivity contribution in [2.75, 3.05) is 31.5 Å². The second-order valence-electron chi connectivity index (χ2n) is 7.95. The molecule has 1 saturated heterocycles. The maximum atomic E-state index is 13.0. The number of hydrogen-bond acceptors (Lipinski definition) is 6. The number of likely N-dealkylation sites (tertiary alicyclic amines) is 1. The van der Waals surface area contributed by atoms with Gasteiger partial charge in [-0.3, -0.25) is 19.2 Å². The average molecular weight is 434 g/mol. The van der Waals surface area contributed by atoms with Gasteiger partial charge in [0.25, 0.3) is 0 Å². The van der Waals surface area contributed by atoms with E-state index >= 15 is 0 Å². The molecule has 1 aliphatic carbocycles. The van der Waals surface area contributed by atoms with Gasteiger partial charge in [0.1, 0.15) is 6.04 Å². The number of nitrogens with zero attached hydrogens (tertiary/aromatic N) is 1. The largest absolute Gasteiger partial charge is 0.384 e. The summed E-state index contributed by atoms with van der Waals surface area (Å²) in [6.45, 7) is 1.40. The Kier molecular flexibility index (Phi) is 6.32. The molecule has 8 heteroatoms. The summed E-state index contributed by atoms with van der Waals surface area (Å²) < 4.78 is 0. The molecule has 2 amide bonds. The number of ketones is 2. The summed E-state index contributed by atoms with van der Waals surface area (Å²) in [5.41, 5.74) is 7.67. The van der Waals surface area contributed by atoms with Gasteiger partial charge in [-0.05, 0) is 25.3 Å². The van der Waals surface area contributed by atoms with E-state index in [-0.39, 0.29) is 29.9 Å². The molecule has 2 aromatic rings. The third kappa shape index (κ3) is 4.01.